The second-order valence-electron chi connectivity index (χ2n) is 7.78. The molecule has 0 saturated heterocycles. The van der Waals surface area contributed by atoms with E-state index in [4.69, 9.17) is 9.84 Å². The average molecular weight is 448 g/mol. The summed E-state index contributed by atoms with van der Waals surface area (Å²) in [6.45, 7) is 2.34. The smallest absolute Gasteiger partial charge is 0.407 e. The number of fused-ring (bicyclic) bond motifs is 3. The van der Waals surface area contributed by atoms with Crippen molar-refractivity contribution in [2.75, 3.05) is 13.2 Å². The van der Waals surface area contributed by atoms with E-state index in [2.05, 4.69) is 27.8 Å². The zero-order chi connectivity index (χ0) is 23.4. The zero-order valence-electron chi connectivity index (χ0n) is 18.0. The lowest BCUT2D eigenvalue weighted by molar-refractivity contribution is -0.122. The Balaban J connectivity index is 1.25. The van der Waals surface area contributed by atoms with Crippen molar-refractivity contribution in [2.24, 2.45) is 0 Å². The van der Waals surface area contributed by atoms with Crippen molar-refractivity contribution < 1.29 is 24.2 Å². The predicted molar refractivity (Wildman–Crippen MR) is 120 cm³/mol. The molecule has 0 fully saturated rings. The van der Waals surface area contributed by atoms with Crippen LogP contribution in [0.2, 0.25) is 0 Å². The second kappa shape index (κ2) is 9.56. The molecule has 0 unspecified atom stereocenters. The number of benzene rings is 2. The normalized spacial score (nSPS) is 13.0. The predicted octanol–water partition coefficient (Wildman–Crippen LogP) is 2.62. The molecule has 2 amide bonds. The summed E-state index contributed by atoms with van der Waals surface area (Å²) in [5.41, 5.74) is 4.45. The third-order valence-electron chi connectivity index (χ3n) is 5.59. The maximum atomic E-state index is 12.3. The minimum absolute atomic E-state index is 0.0573. The number of carboxylic acids is 1. The van der Waals surface area contributed by atoms with Gasteiger partial charge in [0.15, 0.2) is 5.69 Å². The molecule has 4 rings (SSSR count). The van der Waals surface area contributed by atoms with Crippen LogP contribution >= 0.6 is 0 Å². The third kappa shape index (κ3) is 4.87. The van der Waals surface area contributed by atoms with Gasteiger partial charge in [-0.25, -0.2) is 14.6 Å². The summed E-state index contributed by atoms with van der Waals surface area (Å²) in [7, 11) is 0. The summed E-state index contributed by atoms with van der Waals surface area (Å²) in [4.78, 5) is 39.2. The third-order valence-corrected chi connectivity index (χ3v) is 5.59. The van der Waals surface area contributed by atoms with Gasteiger partial charge in [-0.2, -0.15) is 0 Å². The van der Waals surface area contributed by atoms with Gasteiger partial charge in [-0.1, -0.05) is 48.5 Å². The first kappa shape index (κ1) is 22.1. The van der Waals surface area contributed by atoms with Crippen molar-refractivity contribution in [1.82, 2.24) is 20.2 Å². The van der Waals surface area contributed by atoms with E-state index in [0.29, 0.717) is 6.54 Å². The molecule has 9 nitrogen and oxygen atoms in total. The van der Waals surface area contributed by atoms with Gasteiger partial charge in [0.05, 0.1) is 6.33 Å². The highest BCUT2D eigenvalue weighted by molar-refractivity contribution is 5.85. The Morgan fingerprint density at radius 2 is 1.73 bits per heavy atom. The first-order chi connectivity index (χ1) is 15.9. The molecule has 33 heavy (non-hydrogen) atoms. The number of hydrogen-bond acceptors (Lipinski definition) is 5. The molecular formula is C24H24N4O5. The number of aromatic carboxylic acids is 1. The number of carboxylic acid groups (broad SMARTS) is 1. The lowest BCUT2D eigenvalue weighted by Crippen LogP contribution is -2.45. The molecule has 1 aliphatic carbocycles. The van der Waals surface area contributed by atoms with Gasteiger partial charge in [-0.3, -0.25) is 4.79 Å². The van der Waals surface area contributed by atoms with Gasteiger partial charge in [0, 0.05) is 25.2 Å². The largest absolute Gasteiger partial charge is 0.476 e. The highest BCUT2D eigenvalue weighted by Gasteiger charge is 2.29. The van der Waals surface area contributed by atoms with Gasteiger partial charge in [0.2, 0.25) is 5.91 Å². The van der Waals surface area contributed by atoms with Gasteiger partial charge in [0.1, 0.15) is 12.6 Å². The Morgan fingerprint density at radius 3 is 2.33 bits per heavy atom. The number of nitrogens with one attached hydrogen (secondary N) is 2. The van der Waals surface area contributed by atoms with Crippen molar-refractivity contribution >= 4 is 18.0 Å². The molecule has 3 aromatic rings. The highest BCUT2D eigenvalue weighted by atomic mass is 16.5. The second-order valence-corrected chi connectivity index (χ2v) is 7.78. The molecule has 9 heteroatoms. The molecule has 0 aliphatic heterocycles. The van der Waals surface area contributed by atoms with E-state index in [1.165, 1.54) is 12.5 Å². The Labute approximate surface area is 190 Å². The van der Waals surface area contributed by atoms with Crippen LogP contribution in [-0.2, 0) is 16.1 Å². The maximum absolute atomic E-state index is 12.3. The summed E-state index contributed by atoms with van der Waals surface area (Å²) in [5, 5.41) is 14.1. The quantitative estimate of drug-likeness (QED) is 0.487. The highest BCUT2D eigenvalue weighted by Crippen LogP contribution is 2.44. The molecule has 2 aromatic carbocycles. The first-order valence-electron chi connectivity index (χ1n) is 10.6. The van der Waals surface area contributed by atoms with E-state index in [-0.39, 0.29) is 30.7 Å². The van der Waals surface area contributed by atoms with Crippen LogP contribution < -0.4 is 10.6 Å². The average Bonchev–Trinajstić information content (AvgIpc) is 3.41. The van der Waals surface area contributed by atoms with E-state index >= 15 is 0 Å². The van der Waals surface area contributed by atoms with Crippen LogP contribution in [-0.4, -0.2) is 51.8 Å². The number of aromatic nitrogens is 2. The maximum Gasteiger partial charge on any atom is 0.407 e. The Morgan fingerprint density at radius 1 is 1.09 bits per heavy atom. The molecular weight excluding hydrogens is 424 g/mol. The lowest BCUT2D eigenvalue weighted by Gasteiger charge is -2.17. The zero-order valence-corrected chi connectivity index (χ0v) is 18.0. The molecule has 0 saturated carbocycles. The molecule has 0 bridgehead atoms. The summed E-state index contributed by atoms with van der Waals surface area (Å²) in [6.07, 6.45) is 2.10. The monoisotopic (exact) mass is 448 g/mol. The summed E-state index contributed by atoms with van der Waals surface area (Å²) < 4.78 is 7.02. The van der Waals surface area contributed by atoms with E-state index in [9.17, 15) is 14.4 Å². The fourth-order valence-corrected chi connectivity index (χ4v) is 3.94. The standard InChI is InChI=1S/C24H24N4O5/c1-15(22(29)25-10-11-28-12-21(23(30)31)26-14-28)27-24(32)33-13-20-18-8-4-2-6-16(18)17-7-3-5-9-19(17)20/h2-9,12,14-15,20H,10-11,13H2,1H3,(H,25,29)(H,27,32)(H,30,31)/t15-/m1/s1. The van der Waals surface area contributed by atoms with Gasteiger partial charge < -0.3 is 25.0 Å². The van der Waals surface area contributed by atoms with Crippen LogP contribution in [0.25, 0.3) is 11.1 Å². The molecule has 170 valence electrons. The van der Waals surface area contributed by atoms with Crippen LogP contribution in [0.5, 0.6) is 0 Å². The van der Waals surface area contributed by atoms with Crippen LogP contribution in [0.3, 0.4) is 0 Å². The number of nitrogens with zero attached hydrogens (tertiary/aromatic N) is 2. The van der Waals surface area contributed by atoms with Gasteiger partial charge in [-0.15, -0.1) is 0 Å². The molecule has 1 heterocycles. The number of alkyl carbamates (subject to hydrolysis) is 1. The van der Waals surface area contributed by atoms with Crippen molar-refractivity contribution in [2.45, 2.75) is 25.4 Å². The number of carbonyl (C=O) groups is 3. The number of imidazole rings is 1. The fourth-order valence-electron chi connectivity index (χ4n) is 3.94. The molecule has 1 aliphatic rings. The number of hydrogen-bond donors (Lipinski definition) is 3. The van der Waals surface area contributed by atoms with Crippen molar-refractivity contribution in [3.8, 4) is 11.1 Å². The topological polar surface area (TPSA) is 123 Å². The molecule has 1 atom stereocenters. The van der Waals surface area contributed by atoms with Gasteiger partial charge in [0.25, 0.3) is 0 Å². The molecule has 0 spiro atoms. The first-order valence-corrected chi connectivity index (χ1v) is 10.6. The number of carbonyl (C=O) groups excluding carboxylic acids is 2. The minimum Gasteiger partial charge on any atom is -0.476 e. The van der Waals surface area contributed by atoms with Crippen LogP contribution in [0.15, 0.2) is 61.1 Å². The van der Waals surface area contributed by atoms with Crippen LogP contribution in [0.4, 0.5) is 4.79 Å². The van der Waals surface area contributed by atoms with Crippen molar-refractivity contribution in [1.29, 1.82) is 0 Å². The van der Waals surface area contributed by atoms with Crippen LogP contribution in [0.1, 0.15) is 34.5 Å². The molecule has 3 N–H and O–H groups in total. The number of amides is 2. The summed E-state index contributed by atoms with van der Waals surface area (Å²) in [5.74, 6) is -1.54. The Bertz CT molecular complexity index is 1140. The van der Waals surface area contributed by atoms with Gasteiger partial charge >= 0.3 is 12.1 Å². The van der Waals surface area contributed by atoms with Crippen molar-refractivity contribution in [3.63, 3.8) is 0 Å². The fraction of sp³-hybridized carbons (Fsp3) is 0.250. The minimum atomic E-state index is -1.11. The van der Waals surface area contributed by atoms with E-state index in [1.807, 2.05) is 36.4 Å². The number of ether oxygens (including phenoxy) is 1. The summed E-state index contributed by atoms with van der Waals surface area (Å²) in [6, 6.07) is 15.3. The van der Waals surface area contributed by atoms with Crippen LogP contribution in [0, 0.1) is 0 Å². The number of rotatable bonds is 8. The lowest BCUT2D eigenvalue weighted by atomic mass is 9.98. The molecule has 0 radical (unpaired) electrons. The van der Waals surface area contributed by atoms with E-state index < -0.39 is 18.1 Å². The Kier molecular flexibility index (Phi) is 6.39. The summed E-state index contributed by atoms with van der Waals surface area (Å²) >= 11 is 0. The molecule has 1 aromatic heterocycles. The van der Waals surface area contributed by atoms with Gasteiger partial charge in [-0.05, 0) is 29.2 Å². The van der Waals surface area contributed by atoms with Crippen molar-refractivity contribution in [3.05, 3.63) is 77.9 Å². The van der Waals surface area contributed by atoms with E-state index in [0.717, 1.165) is 22.3 Å². The Hall–Kier alpha value is -4.14. The van der Waals surface area contributed by atoms with E-state index in [1.54, 1.807) is 11.5 Å². The SMILES string of the molecule is C[C@@H](NC(=O)OCC1c2ccccc2-c2ccccc21)C(=O)NCCn1cnc(C(=O)O)c1.